The summed E-state index contributed by atoms with van der Waals surface area (Å²) in [6.07, 6.45) is 1.59. The Labute approximate surface area is 98.1 Å². The lowest BCUT2D eigenvalue weighted by Crippen LogP contribution is -1.95. The molecule has 0 N–H and O–H groups in total. The molecule has 0 aliphatic carbocycles. The summed E-state index contributed by atoms with van der Waals surface area (Å²) < 4.78 is 5.20. The highest BCUT2D eigenvalue weighted by molar-refractivity contribution is 7.80. The van der Waals surface area contributed by atoms with Crippen LogP contribution in [-0.2, 0) is 0 Å². The van der Waals surface area contributed by atoms with Crippen LogP contribution in [0.15, 0.2) is 27.8 Å². The molecule has 0 aliphatic rings. The van der Waals surface area contributed by atoms with Gasteiger partial charge in [-0.05, 0) is 12.1 Å². The van der Waals surface area contributed by atoms with Crippen molar-refractivity contribution in [3.05, 3.63) is 29.9 Å². The average Bonchev–Trinajstić information content (AvgIpc) is 2.58. The van der Waals surface area contributed by atoms with Gasteiger partial charge in [0.25, 0.3) is 0 Å². The van der Waals surface area contributed by atoms with Crippen LogP contribution in [0.2, 0.25) is 0 Å². The van der Waals surface area contributed by atoms with Crippen LogP contribution in [-0.4, -0.2) is 15.8 Å². The van der Waals surface area contributed by atoms with Crippen molar-refractivity contribution < 1.29 is 9.21 Å². The Kier molecular flexibility index (Phi) is 2.78. The second-order valence-corrected chi connectivity index (χ2v) is 3.78. The van der Waals surface area contributed by atoms with Gasteiger partial charge in [-0.2, -0.15) is 0 Å². The van der Waals surface area contributed by atoms with Crippen molar-refractivity contribution >= 4 is 18.4 Å². The summed E-state index contributed by atoms with van der Waals surface area (Å²) in [5.74, 6) is 0.490. The second-order valence-electron chi connectivity index (χ2n) is 3.37. The molecule has 16 heavy (non-hydrogen) atoms. The van der Waals surface area contributed by atoms with Gasteiger partial charge in [-0.1, -0.05) is 0 Å². The number of thiol groups is 1. The van der Waals surface area contributed by atoms with Crippen molar-refractivity contribution in [1.82, 2.24) is 9.97 Å². The maximum Gasteiger partial charge on any atom is 0.193 e. The molecule has 2 aromatic rings. The molecule has 0 atom stereocenters. The molecule has 0 aromatic carbocycles. The SMILES string of the molecule is CC(=O)c1ccc(-c2nc(C)oc2S)cn1. The van der Waals surface area contributed by atoms with Crippen LogP contribution in [0.1, 0.15) is 23.3 Å². The third-order valence-corrected chi connectivity index (χ3v) is 2.42. The molecule has 82 valence electrons. The lowest BCUT2D eigenvalue weighted by molar-refractivity contribution is 0.101. The van der Waals surface area contributed by atoms with Gasteiger partial charge in [-0.25, -0.2) is 4.98 Å². The molecule has 2 heterocycles. The highest BCUT2D eigenvalue weighted by Gasteiger charge is 2.10. The van der Waals surface area contributed by atoms with Crippen LogP contribution in [0.5, 0.6) is 0 Å². The van der Waals surface area contributed by atoms with Gasteiger partial charge >= 0.3 is 0 Å². The number of Topliss-reactive ketones (excluding diaryl/α,β-unsaturated/α-hetero) is 1. The molecule has 0 bridgehead atoms. The first-order chi connectivity index (χ1) is 7.58. The molecule has 0 amide bonds. The van der Waals surface area contributed by atoms with E-state index in [1.807, 2.05) is 0 Å². The lowest BCUT2D eigenvalue weighted by atomic mass is 10.2. The third-order valence-electron chi connectivity index (χ3n) is 2.11. The first-order valence-corrected chi connectivity index (χ1v) is 5.16. The normalized spacial score (nSPS) is 10.4. The van der Waals surface area contributed by atoms with Crippen molar-refractivity contribution in [3.63, 3.8) is 0 Å². The standard InChI is InChI=1S/C11H10N2O2S/c1-6(14)9-4-3-8(5-12-9)10-11(16)15-7(2)13-10/h3-5,16H,1-2H3. The second kappa shape index (κ2) is 4.09. The van der Waals surface area contributed by atoms with Gasteiger partial charge in [-0.15, -0.1) is 12.6 Å². The zero-order chi connectivity index (χ0) is 11.7. The molecule has 4 nitrogen and oxygen atoms in total. The minimum Gasteiger partial charge on any atom is -0.434 e. The monoisotopic (exact) mass is 234 g/mol. The van der Waals surface area contributed by atoms with E-state index in [1.165, 1.54) is 6.92 Å². The van der Waals surface area contributed by atoms with E-state index in [0.29, 0.717) is 22.4 Å². The Morgan fingerprint density at radius 3 is 2.62 bits per heavy atom. The summed E-state index contributed by atoms with van der Waals surface area (Å²) in [6, 6.07) is 3.44. The highest BCUT2D eigenvalue weighted by atomic mass is 32.1. The minimum atomic E-state index is -0.0611. The van der Waals surface area contributed by atoms with Crippen molar-refractivity contribution in [1.29, 1.82) is 0 Å². The quantitative estimate of drug-likeness (QED) is 0.641. The number of carbonyl (C=O) groups is 1. The predicted molar refractivity (Wildman–Crippen MR) is 61.7 cm³/mol. The average molecular weight is 234 g/mol. The Bertz CT molecular complexity index is 531. The number of rotatable bonds is 2. The molecule has 0 fully saturated rings. The first-order valence-electron chi connectivity index (χ1n) is 4.71. The van der Waals surface area contributed by atoms with Crippen LogP contribution in [0.4, 0.5) is 0 Å². The number of hydrogen-bond donors (Lipinski definition) is 1. The predicted octanol–water partition coefficient (Wildman–Crippen LogP) is 2.54. The fourth-order valence-electron chi connectivity index (χ4n) is 1.35. The number of aromatic nitrogens is 2. The van der Waals surface area contributed by atoms with Crippen LogP contribution in [0.25, 0.3) is 11.3 Å². The number of nitrogens with zero attached hydrogens (tertiary/aromatic N) is 2. The summed E-state index contributed by atoms with van der Waals surface area (Å²) in [5.41, 5.74) is 1.86. The Hall–Kier alpha value is -1.62. The van der Waals surface area contributed by atoms with Gasteiger partial charge in [0.15, 0.2) is 16.8 Å². The van der Waals surface area contributed by atoms with Gasteiger partial charge in [0, 0.05) is 25.6 Å². The van der Waals surface area contributed by atoms with Gasteiger partial charge in [0.05, 0.1) is 0 Å². The molecular formula is C11H10N2O2S. The third kappa shape index (κ3) is 1.99. The maximum absolute atomic E-state index is 11.1. The minimum absolute atomic E-state index is 0.0611. The Balaban J connectivity index is 2.42. The van der Waals surface area contributed by atoms with E-state index >= 15 is 0 Å². The zero-order valence-corrected chi connectivity index (χ0v) is 9.78. The van der Waals surface area contributed by atoms with Crippen LogP contribution >= 0.6 is 12.6 Å². The Morgan fingerprint density at radius 1 is 1.44 bits per heavy atom. The van der Waals surface area contributed by atoms with Crippen LogP contribution in [0.3, 0.4) is 0 Å². The molecule has 2 rings (SSSR count). The number of oxazole rings is 1. The largest absolute Gasteiger partial charge is 0.434 e. The van der Waals surface area contributed by atoms with Crippen molar-refractivity contribution in [3.8, 4) is 11.3 Å². The van der Waals surface area contributed by atoms with Crippen molar-refractivity contribution in [2.45, 2.75) is 18.9 Å². The smallest absolute Gasteiger partial charge is 0.193 e. The van der Waals surface area contributed by atoms with E-state index in [9.17, 15) is 4.79 Å². The summed E-state index contributed by atoms with van der Waals surface area (Å²) in [7, 11) is 0. The van der Waals surface area contributed by atoms with E-state index < -0.39 is 0 Å². The molecule has 0 spiro atoms. The summed E-state index contributed by atoms with van der Waals surface area (Å²) >= 11 is 4.17. The first kappa shape index (κ1) is 10.9. The molecule has 0 aliphatic heterocycles. The molecule has 0 saturated heterocycles. The molecule has 2 aromatic heterocycles. The number of aryl methyl sites for hydroxylation is 1. The zero-order valence-electron chi connectivity index (χ0n) is 8.89. The summed E-state index contributed by atoms with van der Waals surface area (Å²) in [6.45, 7) is 3.23. The number of ketones is 1. The molecule has 0 unspecified atom stereocenters. The number of pyridine rings is 1. The maximum atomic E-state index is 11.1. The topological polar surface area (TPSA) is 56.0 Å². The van der Waals surface area contributed by atoms with E-state index in [1.54, 1.807) is 25.3 Å². The Morgan fingerprint density at radius 2 is 2.19 bits per heavy atom. The van der Waals surface area contributed by atoms with Crippen molar-refractivity contribution in [2.24, 2.45) is 0 Å². The van der Waals surface area contributed by atoms with Crippen molar-refractivity contribution in [2.75, 3.05) is 0 Å². The summed E-state index contributed by atoms with van der Waals surface area (Å²) in [4.78, 5) is 19.3. The van der Waals surface area contributed by atoms with E-state index in [-0.39, 0.29) is 5.78 Å². The van der Waals surface area contributed by atoms with Gasteiger partial charge in [0.1, 0.15) is 11.4 Å². The number of hydrogen-bond acceptors (Lipinski definition) is 5. The molecule has 5 heteroatoms. The molecule has 0 saturated carbocycles. The number of carbonyl (C=O) groups excluding carboxylic acids is 1. The van der Waals surface area contributed by atoms with Gasteiger partial charge < -0.3 is 4.42 Å². The molecule has 0 radical (unpaired) electrons. The lowest BCUT2D eigenvalue weighted by Gasteiger charge is -1.98. The van der Waals surface area contributed by atoms with E-state index in [2.05, 4.69) is 22.6 Å². The van der Waals surface area contributed by atoms with Gasteiger partial charge in [0.2, 0.25) is 0 Å². The fourth-order valence-corrected chi connectivity index (χ4v) is 1.66. The highest BCUT2D eigenvalue weighted by Crippen LogP contribution is 2.25. The van der Waals surface area contributed by atoms with Crippen LogP contribution in [0, 0.1) is 6.92 Å². The molecular weight excluding hydrogens is 224 g/mol. The van der Waals surface area contributed by atoms with Crippen LogP contribution < -0.4 is 0 Å². The van der Waals surface area contributed by atoms with Gasteiger partial charge in [-0.3, -0.25) is 9.78 Å². The van der Waals surface area contributed by atoms with E-state index in [0.717, 1.165) is 5.56 Å². The van der Waals surface area contributed by atoms with E-state index in [4.69, 9.17) is 4.42 Å². The fraction of sp³-hybridized carbons (Fsp3) is 0.182. The summed E-state index contributed by atoms with van der Waals surface area (Å²) in [5, 5.41) is 0.454.